The lowest BCUT2D eigenvalue weighted by molar-refractivity contribution is -0.119. The predicted molar refractivity (Wildman–Crippen MR) is 119 cm³/mol. The van der Waals surface area contributed by atoms with E-state index in [1.54, 1.807) is 24.3 Å². The fourth-order valence-electron chi connectivity index (χ4n) is 3.37. The van der Waals surface area contributed by atoms with Crippen molar-refractivity contribution in [3.63, 3.8) is 0 Å². The van der Waals surface area contributed by atoms with Crippen molar-refractivity contribution in [1.29, 1.82) is 0 Å². The summed E-state index contributed by atoms with van der Waals surface area (Å²) < 4.78 is 0. The van der Waals surface area contributed by atoms with Gasteiger partial charge in [0, 0.05) is 9.92 Å². The van der Waals surface area contributed by atoms with E-state index >= 15 is 0 Å². The molecule has 1 heterocycles. The summed E-state index contributed by atoms with van der Waals surface area (Å²) in [6, 6.07) is 22.2. The van der Waals surface area contributed by atoms with Gasteiger partial charge in [-0.3, -0.25) is 9.59 Å². The maximum Gasteiger partial charge on any atom is 0.272 e. The van der Waals surface area contributed by atoms with Crippen LogP contribution in [0.5, 0.6) is 0 Å². The van der Waals surface area contributed by atoms with E-state index < -0.39 is 0 Å². The van der Waals surface area contributed by atoms with Crippen LogP contribution in [0.3, 0.4) is 0 Å². The predicted octanol–water partition coefficient (Wildman–Crippen LogP) is 6.03. The topological polar surface area (TPSA) is 37.4 Å². The van der Waals surface area contributed by atoms with Gasteiger partial charge in [-0.1, -0.05) is 65.3 Å². The van der Waals surface area contributed by atoms with Crippen molar-refractivity contribution < 1.29 is 9.59 Å². The average molecular weight is 420 g/mol. The second kappa shape index (κ2) is 7.90. The highest BCUT2D eigenvalue weighted by atomic mass is 35.5. The molecule has 2 amide bonds. The molecule has 3 nitrogen and oxygen atoms in total. The van der Waals surface area contributed by atoms with Gasteiger partial charge in [0.25, 0.3) is 11.8 Å². The van der Waals surface area contributed by atoms with Gasteiger partial charge in [0.15, 0.2) is 0 Å². The molecule has 29 heavy (non-hydrogen) atoms. The lowest BCUT2D eigenvalue weighted by Crippen LogP contribution is -2.31. The van der Waals surface area contributed by atoms with Gasteiger partial charge >= 0.3 is 0 Å². The van der Waals surface area contributed by atoms with Gasteiger partial charge in [0.05, 0.1) is 16.2 Å². The summed E-state index contributed by atoms with van der Waals surface area (Å²) in [6.45, 7) is 3.97. The summed E-state index contributed by atoms with van der Waals surface area (Å²) in [7, 11) is 0. The van der Waals surface area contributed by atoms with E-state index in [0.717, 1.165) is 21.6 Å². The number of benzene rings is 3. The zero-order valence-electron chi connectivity index (χ0n) is 16.0. The zero-order valence-corrected chi connectivity index (χ0v) is 17.6. The molecular weight excluding hydrogens is 402 g/mol. The van der Waals surface area contributed by atoms with Crippen molar-refractivity contribution in [2.75, 3.05) is 4.90 Å². The van der Waals surface area contributed by atoms with Crippen LogP contribution in [0.1, 0.15) is 16.7 Å². The first-order valence-corrected chi connectivity index (χ1v) is 10.3. The minimum absolute atomic E-state index is 0.317. The van der Waals surface area contributed by atoms with Crippen LogP contribution in [0, 0.1) is 13.8 Å². The number of nitrogens with zero attached hydrogens (tertiary/aromatic N) is 1. The molecule has 0 atom stereocenters. The Kier molecular flexibility index (Phi) is 5.31. The first kappa shape index (κ1) is 19.5. The van der Waals surface area contributed by atoms with E-state index in [2.05, 4.69) is 0 Å². The molecule has 0 aromatic heterocycles. The third kappa shape index (κ3) is 3.74. The van der Waals surface area contributed by atoms with Crippen molar-refractivity contribution in [1.82, 2.24) is 0 Å². The number of amides is 2. The molecule has 0 saturated heterocycles. The Bertz CT molecular complexity index is 1140. The third-order valence-corrected chi connectivity index (χ3v) is 6.08. The van der Waals surface area contributed by atoms with Crippen LogP contribution in [-0.4, -0.2) is 11.8 Å². The molecule has 4 rings (SSSR count). The molecule has 144 valence electrons. The minimum atomic E-state index is -0.318. The lowest BCUT2D eigenvalue weighted by Gasteiger charge is -2.15. The molecule has 0 N–H and O–H groups in total. The maximum absolute atomic E-state index is 13.4. The van der Waals surface area contributed by atoms with Crippen LogP contribution in [0.15, 0.2) is 82.6 Å². The van der Waals surface area contributed by atoms with Crippen molar-refractivity contribution in [3.05, 3.63) is 99.4 Å². The van der Waals surface area contributed by atoms with Gasteiger partial charge in [0.1, 0.15) is 0 Å². The van der Waals surface area contributed by atoms with Crippen molar-refractivity contribution >= 4 is 46.4 Å². The van der Waals surface area contributed by atoms with E-state index in [4.69, 9.17) is 11.6 Å². The Morgan fingerprint density at radius 2 is 1.52 bits per heavy atom. The van der Waals surface area contributed by atoms with Gasteiger partial charge in [-0.05, 0) is 61.4 Å². The lowest BCUT2D eigenvalue weighted by atomic mass is 9.99. The SMILES string of the molecule is Cc1ccc(C2=C(Sc3ccccc3)C(=O)N(c3ccc(Cl)cc3)C2=O)c(C)c1. The summed E-state index contributed by atoms with van der Waals surface area (Å²) >= 11 is 7.31. The number of rotatable bonds is 4. The number of aryl methyl sites for hydroxylation is 2. The normalized spacial score (nSPS) is 14.1. The summed E-state index contributed by atoms with van der Waals surface area (Å²) in [5, 5.41) is 0.550. The Labute approximate surface area is 179 Å². The molecule has 5 heteroatoms. The van der Waals surface area contributed by atoms with E-state index in [-0.39, 0.29) is 11.8 Å². The Morgan fingerprint density at radius 1 is 0.828 bits per heavy atom. The first-order chi connectivity index (χ1) is 14.0. The zero-order chi connectivity index (χ0) is 20.5. The fraction of sp³-hybridized carbons (Fsp3) is 0.0833. The summed E-state index contributed by atoms with van der Waals surface area (Å²) in [6.07, 6.45) is 0. The molecule has 0 unspecified atom stereocenters. The molecule has 1 aliphatic rings. The molecule has 3 aromatic carbocycles. The number of thioether (sulfide) groups is 1. The Morgan fingerprint density at radius 3 is 2.17 bits per heavy atom. The minimum Gasteiger partial charge on any atom is -0.268 e. The number of carbonyl (C=O) groups excluding carboxylic acids is 2. The van der Waals surface area contributed by atoms with E-state index in [9.17, 15) is 9.59 Å². The summed E-state index contributed by atoms with van der Waals surface area (Å²) in [4.78, 5) is 29.4. The molecule has 0 saturated carbocycles. The quantitative estimate of drug-likeness (QED) is 0.484. The molecular formula is C24H18ClNO2S. The van der Waals surface area contributed by atoms with Gasteiger partial charge in [-0.15, -0.1) is 0 Å². The molecule has 0 spiro atoms. The van der Waals surface area contributed by atoms with Crippen molar-refractivity contribution in [3.8, 4) is 0 Å². The van der Waals surface area contributed by atoms with Crippen LogP contribution in [0.2, 0.25) is 5.02 Å². The Hall–Kier alpha value is -2.82. The summed E-state index contributed by atoms with van der Waals surface area (Å²) in [5.74, 6) is -0.635. The number of halogens is 1. The maximum atomic E-state index is 13.4. The second-order valence-electron chi connectivity index (χ2n) is 6.86. The van der Waals surface area contributed by atoms with E-state index in [0.29, 0.717) is 21.2 Å². The highest BCUT2D eigenvalue weighted by Crippen LogP contribution is 2.42. The smallest absolute Gasteiger partial charge is 0.268 e. The Balaban J connectivity index is 1.85. The fourth-order valence-corrected chi connectivity index (χ4v) is 4.50. The van der Waals surface area contributed by atoms with Crippen LogP contribution in [0.25, 0.3) is 5.57 Å². The molecule has 0 aliphatic carbocycles. The highest BCUT2D eigenvalue weighted by Gasteiger charge is 2.40. The number of imide groups is 1. The van der Waals surface area contributed by atoms with Gasteiger partial charge in [-0.2, -0.15) is 0 Å². The molecule has 0 fully saturated rings. The van der Waals surface area contributed by atoms with Gasteiger partial charge in [-0.25, -0.2) is 4.90 Å². The van der Waals surface area contributed by atoms with Crippen molar-refractivity contribution in [2.24, 2.45) is 0 Å². The van der Waals surface area contributed by atoms with Crippen LogP contribution < -0.4 is 4.90 Å². The number of carbonyl (C=O) groups is 2. The average Bonchev–Trinajstić information content (AvgIpc) is 2.94. The van der Waals surface area contributed by atoms with E-state index in [1.165, 1.54) is 16.7 Å². The summed E-state index contributed by atoms with van der Waals surface area (Å²) in [5.41, 5.74) is 3.80. The third-order valence-electron chi connectivity index (χ3n) is 4.74. The molecule has 0 radical (unpaired) electrons. The van der Waals surface area contributed by atoms with Crippen LogP contribution in [0.4, 0.5) is 5.69 Å². The first-order valence-electron chi connectivity index (χ1n) is 9.15. The van der Waals surface area contributed by atoms with Crippen LogP contribution in [-0.2, 0) is 9.59 Å². The largest absolute Gasteiger partial charge is 0.272 e. The highest BCUT2D eigenvalue weighted by molar-refractivity contribution is 8.04. The molecule has 0 bridgehead atoms. The molecule has 1 aliphatic heterocycles. The van der Waals surface area contributed by atoms with E-state index in [1.807, 2.05) is 62.4 Å². The molecule has 3 aromatic rings. The standard InChI is InChI=1S/C24H18ClNO2S/c1-15-8-13-20(16(2)14-15)21-22(29-19-6-4-3-5-7-19)24(28)26(23(21)27)18-11-9-17(25)10-12-18/h3-14H,1-2H3. The number of hydrogen-bond donors (Lipinski definition) is 0. The number of hydrogen-bond acceptors (Lipinski definition) is 3. The second-order valence-corrected chi connectivity index (χ2v) is 8.38. The van der Waals surface area contributed by atoms with Crippen LogP contribution >= 0.6 is 23.4 Å². The van der Waals surface area contributed by atoms with Gasteiger partial charge in [0.2, 0.25) is 0 Å². The number of anilines is 1. The van der Waals surface area contributed by atoms with Crippen molar-refractivity contribution in [2.45, 2.75) is 18.7 Å². The van der Waals surface area contributed by atoms with Gasteiger partial charge < -0.3 is 0 Å². The monoisotopic (exact) mass is 419 g/mol.